The molecule has 150 valence electrons. The molecule has 0 atom stereocenters. The maximum Gasteiger partial charge on any atom is 0.281 e. The van der Waals surface area contributed by atoms with Gasteiger partial charge in [-0.25, -0.2) is 4.39 Å². The van der Waals surface area contributed by atoms with Gasteiger partial charge in [-0.1, -0.05) is 24.3 Å². The zero-order valence-electron chi connectivity index (χ0n) is 15.6. The largest absolute Gasteiger partial charge is 0.489 e. The fraction of sp³-hybridized carbons (Fsp3) is 0.0455. The van der Waals surface area contributed by atoms with E-state index in [1.165, 1.54) is 12.1 Å². The van der Waals surface area contributed by atoms with Crippen LogP contribution in [0.15, 0.2) is 77.6 Å². The Bertz CT molecular complexity index is 1330. The number of ether oxygens (including phenoxy) is 1. The zero-order valence-corrected chi connectivity index (χ0v) is 16.4. The van der Waals surface area contributed by atoms with Gasteiger partial charge in [0.15, 0.2) is 4.77 Å². The molecule has 0 spiro atoms. The smallest absolute Gasteiger partial charge is 0.281 e. The van der Waals surface area contributed by atoms with Crippen molar-refractivity contribution in [1.82, 2.24) is 9.66 Å². The molecule has 0 unspecified atom stereocenters. The lowest BCUT2D eigenvalue weighted by Gasteiger charge is -2.10. The van der Waals surface area contributed by atoms with E-state index in [-0.39, 0.29) is 17.2 Å². The summed E-state index contributed by atoms with van der Waals surface area (Å²) >= 11 is 5.20. The maximum atomic E-state index is 12.9. The number of aromatic amines is 1. The van der Waals surface area contributed by atoms with Crippen molar-refractivity contribution in [3.05, 3.63) is 105 Å². The van der Waals surface area contributed by atoms with E-state index in [2.05, 4.69) is 10.4 Å². The number of amides is 1. The van der Waals surface area contributed by atoms with Crippen LogP contribution in [-0.2, 0) is 6.61 Å². The van der Waals surface area contributed by atoms with Gasteiger partial charge >= 0.3 is 0 Å². The predicted octanol–water partition coefficient (Wildman–Crippen LogP) is 4.16. The van der Waals surface area contributed by atoms with Crippen molar-refractivity contribution >= 4 is 29.0 Å². The summed E-state index contributed by atoms with van der Waals surface area (Å²) in [7, 11) is 0. The summed E-state index contributed by atoms with van der Waals surface area (Å²) in [4.78, 5) is 28.1. The third-order valence-corrected chi connectivity index (χ3v) is 4.74. The standard InChI is InChI=1S/C22H16FN3O3S/c23-16-9-11-17(12-10-16)29-13-14-5-7-15(8-6-14)20(27)25-26-21(28)18-3-1-2-4-19(18)24-22(26)30/h1-12H,13H2,(H,24,30)(H,25,27). The molecular formula is C22H16FN3O3S. The minimum Gasteiger partial charge on any atom is -0.489 e. The molecule has 30 heavy (non-hydrogen) atoms. The number of benzene rings is 3. The first kappa shape index (κ1) is 19.5. The molecule has 0 aliphatic rings. The van der Waals surface area contributed by atoms with Crippen molar-refractivity contribution in [2.75, 3.05) is 5.43 Å². The predicted molar refractivity (Wildman–Crippen MR) is 114 cm³/mol. The minimum absolute atomic E-state index is 0.0939. The van der Waals surface area contributed by atoms with Crippen molar-refractivity contribution in [3.63, 3.8) is 0 Å². The number of hydrogen-bond acceptors (Lipinski definition) is 4. The number of para-hydroxylation sites is 1. The van der Waals surface area contributed by atoms with Crippen molar-refractivity contribution in [2.45, 2.75) is 6.61 Å². The highest BCUT2D eigenvalue weighted by atomic mass is 32.1. The minimum atomic E-state index is -0.474. The number of carbonyl (C=O) groups excluding carboxylic acids is 1. The van der Waals surface area contributed by atoms with Gasteiger partial charge in [0.2, 0.25) is 0 Å². The Balaban J connectivity index is 1.48. The molecule has 3 aromatic carbocycles. The Labute approximate surface area is 175 Å². The summed E-state index contributed by atoms with van der Waals surface area (Å²) in [6.45, 7) is 0.267. The van der Waals surface area contributed by atoms with Crippen molar-refractivity contribution in [3.8, 4) is 5.75 Å². The average Bonchev–Trinajstić information content (AvgIpc) is 2.76. The number of rotatable bonds is 5. The quantitative estimate of drug-likeness (QED) is 0.475. The third-order valence-electron chi connectivity index (χ3n) is 4.45. The first-order valence-electron chi connectivity index (χ1n) is 9.04. The van der Waals surface area contributed by atoms with E-state index < -0.39 is 11.5 Å². The van der Waals surface area contributed by atoms with Crippen LogP contribution in [-0.4, -0.2) is 15.6 Å². The summed E-state index contributed by atoms with van der Waals surface area (Å²) in [6, 6.07) is 19.4. The lowest BCUT2D eigenvalue weighted by atomic mass is 10.1. The van der Waals surface area contributed by atoms with Gasteiger partial charge in [0.25, 0.3) is 11.5 Å². The summed E-state index contributed by atoms with van der Waals surface area (Å²) in [6.07, 6.45) is 0. The van der Waals surface area contributed by atoms with Crippen LogP contribution in [0.2, 0.25) is 0 Å². The first-order valence-corrected chi connectivity index (χ1v) is 9.45. The Hall–Kier alpha value is -3.78. The van der Waals surface area contributed by atoms with Crippen LogP contribution in [0, 0.1) is 10.6 Å². The van der Waals surface area contributed by atoms with Gasteiger partial charge in [0.05, 0.1) is 10.9 Å². The van der Waals surface area contributed by atoms with Crippen LogP contribution in [0.25, 0.3) is 10.9 Å². The lowest BCUT2D eigenvalue weighted by molar-refractivity contribution is 0.101. The highest BCUT2D eigenvalue weighted by Crippen LogP contribution is 2.14. The number of H-pyrrole nitrogens is 1. The van der Waals surface area contributed by atoms with Crippen LogP contribution in [0.1, 0.15) is 15.9 Å². The molecule has 0 fully saturated rings. The lowest BCUT2D eigenvalue weighted by Crippen LogP contribution is -2.34. The van der Waals surface area contributed by atoms with Crippen LogP contribution < -0.4 is 15.7 Å². The number of nitrogens with one attached hydrogen (secondary N) is 2. The molecule has 1 amide bonds. The molecule has 0 radical (unpaired) electrons. The summed E-state index contributed by atoms with van der Waals surface area (Å²) < 4.78 is 19.6. The average molecular weight is 421 g/mol. The van der Waals surface area contributed by atoms with E-state index >= 15 is 0 Å². The normalized spacial score (nSPS) is 10.7. The molecule has 1 aromatic heterocycles. The fourth-order valence-corrected chi connectivity index (χ4v) is 3.12. The van der Waals surface area contributed by atoms with Gasteiger partial charge < -0.3 is 9.72 Å². The molecule has 0 saturated heterocycles. The van der Waals surface area contributed by atoms with Crippen LogP contribution in [0.5, 0.6) is 5.75 Å². The maximum absolute atomic E-state index is 12.9. The number of carbonyl (C=O) groups is 1. The number of halogens is 1. The molecule has 8 heteroatoms. The second-order valence-electron chi connectivity index (χ2n) is 6.50. The zero-order chi connectivity index (χ0) is 21.1. The molecule has 4 rings (SSSR count). The summed E-state index contributed by atoms with van der Waals surface area (Å²) in [5.74, 6) is -0.260. The number of fused-ring (bicyclic) bond motifs is 1. The first-order chi connectivity index (χ1) is 14.5. The Morgan fingerprint density at radius 3 is 2.47 bits per heavy atom. The highest BCUT2D eigenvalue weighted by Gasteiger charge is 2.10. The fourth-order valence-electron chi connectivity index (χ4n) is 2.88. The molecule has 1 heterocycles. The molecular weight excluding hydrogens is 405 g/mol. The number of hydrogen-bond donors (Lipinski definition) is 2. The SMILES string of the molecule is O=C(Nn1c(=S)[nH]c2ccccc2c1=O)c1ccc(COc2ccc(F)cc2)cc1. The van der Waals surface area contributed by atoms with E-state index in [0.29, 0.717) is 22.2 Å². The van der Waals surface area contributed by atoms with Gasteiger partial charge in [0, 0.05) is 5.56 Å². The van der Waals surface area contributed by atoms with Crippen molar-refractivity contribution in [1.29, 1.82) is 0 Å². The van der Waals surface area contributed by atoms with E-state index in [9.17, 15) is 14.0 Å². The van der Waals surface area contributed by atoms with E-state index in [0.717, 1.165) is 10.2 Å². The molecule has 0 aliphatic carbocycles. The van der Waals surface area contributed by atoms with Gasteiger partial charge in [-0.2, -0.15) is 4.68 Å². The van der Waals surface area contributed by atoms with E-state index in [1.807, 2.05) is 0 Å². The second-order valence-corrected chi connectivity index (χ2v) is 6.88. The van der Waals surface area contributed by atoms with Crippen LogP contribution in [0.3, 0.4) is 0 Å². The molecule has 0 aliphatic heterocycles. The van der Waals surface area contributed by atoms with Gasteiger partial charge in [-0.05, 0) is 66.3 Å². The highest BCUT2D eigenvalue weighted by molar-refractivity contribution is 7.71. The van der Waals surface area contributed by atoms with Gasteiger partial charge in [0.1, 0.15) is 18.2 Å². The van der Waals surface area contributed by atoms with Crippen LogP contribution in [0.4, 0.5) is 4.39 Å². The topological polar surface area (TPSA) is 76.1 Å². The third kappa shape index (κ3) is 4.13. The van der Waals surface area contributed by atoms with E-state index in [4.69, 9.17) is 17.0 Å². The molecule has 6 nitrogen and oxygen atoms in total. The number of aromatic nitrogens is 2. The van der Waals surface area contributed by atoms with Gasteiger partial charge in [-0.15, -0.1) is 0 Å². The van der Waals surface area contributed by atoms with Crippen LogP contribution >= 0.6 is 12.2 Å². The Kier molecular flexibility index (Phi) is 5.40. The number of nitrogens with zero attached hydrogens (tertiary/aromatic N) is 1. The molecule has 0 bridgehead atoms. The second kappa shape index (κ2) is 8.30. The van der Waals surface area contributed by atoms with Gasteiger partial charge in [-0.3, -0.25) is 15.0 Å². The molecule has 4 aromatic rings. The van der Waals surface area contributed by atoms with Crippen molar-refractivity contribution < 1.29 is 13.9 Å². The van der Waals surface area contributed by atoms with Crippen molar-refractivity contribution in [2.24, 2.45) is 0 Å². The molecule has 0 saturated carbocycles. The Morgan fingerprint density at radius 1 is 1.03 bits per heavy atom. The summed E-state index contributed by atoms with van der Waals surface area (Å²) in [5, 5.41) is 0.416. The molecule has 2 N–H and O–H groups in total. The summed E-state index contributed by atoms with van der Waals surface area (Å²) in [5.41, 5.74) is 3.91. The monoisotopic (exact) mass is 421 g/mol. The Morgan fingerprint density at radius 2 is 1.73 bits per heavy atom. The van der Waals surface area contributed by atoms with E-state index in [1.54, 1.807) is 60.7 Å².